The summed E-state index contributed by atoms with van der Waals surface area (Å²) in [6.07, 6.45) is 1.77. The number of aromatic nitrogens is 2. The lowest BCUT2D eigenvalue weighted by molar-refractivity contribution is 0.0929. The van der Waals surface area contributed by atoms with Crippen LogP contribution in [0.5, 0.6) is 0 Å². The summed E-state index contributed by atoms with van der Waals surface area (Å²) in [6, 6.07) is 18.1. The lowest BCUT2D eigenvalue weighted by atomic mass is 10.1. The number of benzene rings is 2. The monoisotopic (exact) mass is 351 g/mol. The molecule has 0 bridgehead atoms. The Labute approximate surface area is 152 Å². The molecule has 4 nitrogen and oxygen atoms in total. The normalized spacial score (nSPS) is 12.0. The number of amides is 1. The number of nitrogens with zero attached hydrogens (tertiary/aromatic N) is 2. The van der Waals surface area contributed by atoms with Gasteiger partial charge in [-0.3, -0.25) is 9.48 Å². The number of halogens is 1. The average molecular weight is 351 g/mol. The lowest BCUT2D eigenvalue weighted by Gasteiger charge is -2.13. The van der Waals surface area contributed by atoms with Gasteiger partial charge >= 0.3 is 0 Å². The molecule has 0 aliphatic heterocycles. The fourth-order valence-corrected chi connectivity index (χ4v) is 2.84. The predicted octanol–water partition coefficient (Wildman–Crippen LogP) is 3.98. The molecule has 134 valence electrons. The van der Waals surface area contributed by atoms with E-state index in [0.717, 1.165) is 18.4 Å². The van der Waals surface area contributed by atoms with Gasteiger partial charge in [0, 0.05) is 18.7 Å². The van der Waals surface area contributed by atoms with E-state index in [4.69, 9.17) is 0 Å². The van der Waals surface area contributed by atoms with Gasteiger partial charge in [0.15, 0.2) is 0 Å². The largest absolute Gasteiger partial charge is 0.348 e. The van der Waals surface area contributed by atoms with E-state index < -0.39 is 0 Å². The fourth-order valence-electron chi connectivity index (χ4n) is 2.84. The highest BCUT2D eigenvalue weighted by atomic mass is 19.1. The van der Waals surface area contributed by atoms with Gasteiger partial charge in [-0.05, 0) is 55.7 Å². The van der Waals surface area contributed by atoms with Crippen LogP contribution in [0.2, 0.25) is 0 Å². The number of aryl methyl sites for hydroxylation is 2. The van der Waals surface area contributed by atoms with Gasteiger partial charge in [0.05, 0.1) is 5.69 Å². The summed E-state index contributed by atoms with van der Waals surface area (Å²) in [6.45, 7) is 2.00. The van der Waals surface area contributed by atoms with Crippen molar-refractivity contribution >= 4 is 5.91 Å². The highest BCUT2D eigenvalue weighted by Gasteiger charge is 2.16. The van der Waals surface area contributed by atoms with Crippen molar-refractivity contribution in [1.82, 2.24) is 15.1 Å². The molecule has 0 radical (unpaired) electrons. The van der Waals surface area contributed by atoms with Crippen molar-refractivity contribution < 1.29 is 9.18 Å². The van der Waals surface area contributed by atoms with Crippen molar-refractivity contribution in [2.75, 3.05) is 0 Å². The number of carbonyl (C=O) groups is 1. The summed E-state index contributed by atoms with van der Waals surface area (Å²) >= 11 is 0. The number of carbonyl (C=O) groups excluding carboxylic acids is 1. The molecule has 26 heavy (non-hydrogen) atoms. The van der Waals surface area contributed by atoms with E-state index >= 15 is 0 Å². The second-order valence-corrected chi connectivity index (χ2v) is 6.44. The maximum absolute atomic E-state index is 13.1. The van der Waals surface area contributed by atoms with E-state index in [0.29, 0.717) is 11.4 Å². The van der Waals surface area contributed by atoms with E-state index in [1.54, 1.807) is 29.9 Å². The van der Waals surface area contributed by atoms with Gasteiger partial charge in [-0.2, -0.15) is 5.10 Å². The summed E-state index contributed by atoms with van der Waals surface area (Å²) in [5, 5.41) is 7.39. The Kier molecular flexibility index (Phi) is 5.46. The van der Waals surface area contributed by atoms with Crippen molar-refractivity contribution in [3.63, 3.8) is 0 Å². The van der Waals surface area contributed by atoms with Crippen LogP contribution < -0.4 is 5.32 Å². The quantitative estimate of drug-likeness (QED) is 0.730. The highest BCUT2D eigenvalue weighted by Crippen LogP contribution is 2.19. The highest BCUT2D eigenvalue weighted by molar-refractivity contribution is 5.93. The molecule has 0 saturated carbocycles. The van der Waals surface area contributed by atoms with Crippen molar-refractivity contribution in [3.8, 4) is 11.3 Å². The first-order valence-electron chi connectivity index (χ1n) is 8.67. The van der Waals surface area contributed by atoms with E-state index in [1.165, 1.54) is 17.7 Å². The SMILES string of the molecule is CC(CCc1ccccc1)NC(=O)c1cc(-c2ccc(F)cc2)nn1C. The zero-order valence-corrected chi connectivity index (χ0v) is 14.9. The molecule has 0 spiro atoms. The van der Waals surface area contributed by atoms with E-state index in [-0.39, 0.29) is 17.8 Å². The summed E-state index contributed by atoms with van der Waals surface area (Å²) < 4.78 is 14.6. The van der Waals surface area contributed by atoms with Gasteiger partial charge in [-0.1, -0.05) is 30.3 Å². The molecule has 1 atom stereocenters. The molecule has 2 aromatic carbocycles. The number of nitrogens with one attached hydrogen (secondary N) is 1. The Morgan fingerprint density at radius 3 is 2.54 bits per heavy atom. The molecule has 1 N–H and O–H groups in total. The number of hydrogen-bond acceptors (Lipinski definition) is 2. The van der Waals surface area contributed by atoms with Crippen LogP contribution in [-0.4, -0.2) is 21.7 Å². The van der Waals surface area contributed by atoms with Crippen molar-refractivity contribution in [2.45, 2.75) is 25.8 Å². The van der Waals surface area contributed by atoms with Crippen LogP contribution in [0.3, 0.4) is 0 Å². The van der Waals surface area contributed by atoms with Gasteiger partial charge < -0.3 is 5.32 Å². The zero-order valence-electron chi connectivity index (χ0n) is 14.9. The van der Waals surface area contributed by atoms with Gasteiger partial charge in [-0.25, -0.2) is 4.39 Å². The molecular weight excluding hydrogens is 329 g/mol. The molecule has 1 heterocycles. The Bertz CT molecular complexity index is 872. The first-order valence-corrected chi connectivity index (χ1v) is 8.67. The van der Waals surface area contributed by atoms with Crippen molar-refractivity contribution in [1.29, 1.82) is 0 Å². The summed E-state index contributed by atoms with van der Waals surface area (Å²) in [7, 11) is 1.73. The first-order chi connectivity index (χ1) is 12.5. The Morgan fingerprint density at radius 1 is 1.15 bits per heavy atom. The van der Waals surface area contributed by atoms with Crippen LogP contribution in [0.25, 0.3) is 11.3 Å². The summed E-state index contributed by atoms with van der Waals surface area (Å²) in [5.74, 6) is -0.455. The lowest BCUT2D eigenvalue weighted by Crippen LogP contribution is -2.34. The summed E-state index contributed by atoms with van der Waals surface area (Å²) in [4.78, 5) is 12.6. The minimum absolute atomic E-state index is 0.0480. The molecule has 1 unspecified atom stereocenters. The molecule has 0 aliphatic carbocycles. The molecule has 0 fully saturated rings. The predicted molar refractivity (Wildman–Crippen MR) is 100 cm³/mol. The van der Waals surface area contributed by atoms with Gasteiger partial charge in [0.25, 0.3) is 5.91 Å². The third-order valence-electron chi connectivity index (χ3n) is 4.34. The topological polar surface area (TPSA) is 46.9 Å². The molecule has 3 rings (SSSR count). The van der Waals surface area contributed by atoms with Gasteiger partial charge in [0.1, 0.15) is 11.5 Å². The third kappa shape index (κ3) is 4.36. The Morgan fingerprint density at radius 2 is 1.85 bits per heavy atom. The fraction of sp³-hybridized carbons (Fsp3) is 0.238. The Hall–Kier alpha value is -2.95. The maximum Gasteiger partial charge on any atom is 0.269 e. The smallest absolute Gasteiger partial charge is 0.269 e. The van der Waals surface area contributed by atoms with E-state index in [9.17, 15) is 9.18 Å². The second kappa shape index (κ2) is 7.95. The molecule has 1 amide bonds. The molecule has 5 heteroatoms. The number of hydrogen-bond donors (Lipinski definition) is 1. The second-order valence-electron chi connectivity index (χ2n) is 6.44. The standard InChI is InChI=1S/C21H22FN3O/c1-15(8-9-16-6-4-3-5-7-16)23-21(26)20-14-19(24-25(20)2)17-10-12-18(22)13-11-17/h3-7,10-15H,8-9H2,1-2H3,(H,23,26). The van der Waals surface area contributed by atoms with Gasteiger partial charge in [0.2, 0.25) is 0 Å². The van der Waals surface area contributed by atoms with Crippen LogP contribution in [0.15, 0.2) is 60.7 Å². The molecule has 0 aliphatic rings. The maximum atomic E-state index is 13.1. The van der Waals surface area contributed by atoms with Crippen molar-refractivity contribution in [3.05, 3.63) is 77.7 Å². The number of rotatable bonds is 6. The van der Waals surface area contributed by atoms with Crippen LogP contribution in [-0.2, 0) is 13.5 Å². The van der Waals surface area contributed by atoms with Crippen molar-refractivity contribution in [2.24, 2.45) is 7.05 Å². The third-order valence-corrected chi connectivity index (χ3v) is 4.34. The van der Waals surface area contributed by atoms with E-state index in [1.807, 2.05) is 25.1 Å². The Balaban J connectivity index is 1.63. The van der Waals surface area contributed by atoms with Crippen LogP contribution in [0.4, 0.5) is 4.39 Å². The minimum Gasteiger partial charge on any atom is -0.348 e. The zero-order chi connectivity index (χ0) is 18.5. The average Bonchev–Trinajstić information content (AvgIpc) is 3.03. The molecule has 3 aromatic rings. The van der Waals surface area contributed by atoms with Gasteiger partial charge in [-0.15, -0.1) is 0 Å². The molecule has 1 aromatic heterocycles. The van der Waals surface area contributed by atoms with Crippen LogP contribution in [0.1, 0.15) is 29.4 Å². The van der Waals surface area contributed by atoms with Crippen LogP contribution >= 0.6 is 0 Å². The minimum atomic E-state index is -0.296. The summed E-state index contributed by atoms with van der Waals surface area (Å²) in [5.41, 5.74) is 3.16. The molecule has 0 saturated heterocycles. The first kappa shape index (κ1) is 17.9. The van der Waals surface area contributed by atoms with E-state index in [2.05, 4.69) is 22.5 Å². The molecular formula is C21H22FN3O. The van der Waals surface area contributed by atoms with Crippen LogP contribution in [0, 0.1) is 5.82 Å².